The third-order valence-corrected chi connectivity index (χ3v) is 18.6. The largest absolute Gasteiger partial charge is 0.466 e. The number of aliphatic hydroxyl groups excluding tert-OH is 2. The van der Waals surface area contributed by atoms with E-state index < -0.39 is 12.1 Å². The Hall–Kier alpha value is -2.18. The highest BCUT2D eigenvalue weighted by Crippen LogP contribution is 2.19. The molecule has 2 atom stereocenters. The highest BCUT2D eigenvalue weighted by molar-refractivity contribution is 5.76. The number of carbonyl (C=O) groups is 2. The third-order valence-electron chi connectivity index (χ3n) is 18.6. The number of allylic oxidation sites excluding steroid dienone is 8. The van der Waals surface area contributed by atoms with E-state index in [-0.39, 0.29) is 18.5 Å². The fourth-order valence-corrected chi connectivity index (χ4v) is 12.5. The zero-order chi connectivity index (χ0) is 63.5. The molecule has 0 bridgehead atoms. The molecular weight excluding hydrogens is 1080 g/mol. The van der Waals surface area contributed by atoms with Crippen molar-refractivity contribution in [2.24, 2.45) is 0 Å². The molecule has 0 spiro atoms. The van der Waals surface area contributed by atoms with Crippen molar-refractivity contribution in [3.8, 4) is 0 Å². The summed E-state index contributed by atoms with van der Waals surface area (Å²) in [5, 5.41) is 23.5. The van der Waals surface area contributed by atoms with E-state index in [9.17, 15) is 19.8 Å². The Morgan fingerprint density at radius 3 is 0.886 bits per heavy atom. The Morgan fingerprint density at radius 1 is 0.318 bits per heavy atom. The van der Waals surface area contributed by atoms with Gasteiger partial charge in [-0.25, -0.2) is 0 Å². The van der Waals surface area contributed by atoms with E-state index >= 15 is 0 Å². The van der Waals surface area contributed by atoms with Gasteiger partial charge in [0, 0.05) is 12.8 Å². The van der Waals surface area contributed by atoms with Gasteiger partial charge in [-0.1, -0.05) is 383 Å². The number of aliphatic hydroxyl groups is 2. The predicted molar refractivity (Wildman–Crippen MR) is 389 cm³/mol. The van der Waals surface area contributed by atoms with Crippen LogP contribution >= 0.6 is 0 Å². The molecule has 6 heteroatoms. The van der Waals surface area contributed by atoms with Crippen LogP contribution in [0, 0.1) is 0 Å². The van der Waals surface area contributed by atoms with Gasteiger partial charge >= 0.3 is 5.97 Å². The fraction of sp³-hybridized carbons (Fsp3) is 0.878. The lowest BCUT2D eigenvalue weighted by molar-refractivity contribution is -0.143. The molecule has 2 unspecified atom stereocenters. The molecule has 0 aromatic heterocycles. The summed E-state index contributed by atoms with van der Waals surface area (Å²) in [7, 11) is 0. The van der Waals surface area contributed by atoms with Crippen molar-refractivity contribution < 1.29 is 24.5 Å². The number of esters is 1. The van der Waals surface area contributed by atoms with Crippen LogP contribution in [-0.4, -0.2) is 47.4 Å². The Labute approximate surface area is 550 Å². The molecule has 3 N–H and O–H groups in total. The summed E-state index contributed by atoms with van der Waals surface area (Å²) < 4.78 is 5.51. The number of hydrogen-bond acceptors (Lipinski definition) is 5. The number of amides is 1. The molecular formula is C82H155NO5. The summed E-state index contributed by atoms with van der Waals surface area (Å²) in [6, 6.07) is -0.543. The van der Waals surface area contributed by atoms with Gasteiger partial charge in [0.05, 0.1) is 25.4 Å². The van der Waals surface area contributed by atoms with Gasteiger partial charge in [-0.3, -0.25) is 9.59 Å². The maximum Gasteiger partial charge on any atom is 0.305 e. The van der Waals surface area contributed by atoms with Crippen LogP contribution in [0.2, 0.25) is 0 Å². The average molecular weight is 1240 g/mol. The van der Waals surface area contributed by atoms with Crippen molar-refractivity contribution in [1.29, 1.82) is 0 Å². The number of rotatable bonds is 75. The van der Waals surface area contributed by atoms with E-state index in [1.165, 1.54) is 347 Å². The average Bonchev–Trinajstić information content (AvgIpc) is 3.57. The summed E-state index contributed by atoms with van der Waals surface area (Å²) in [6.07, 6.45) is 102. The minimum atomic E-state index is -0.666. The zero-order valence-corrected chi connectivity index (χ0v) is 59.5. The normalized spacial score (nSPS) is 12.7. The van der Waals surface area contributed by atoms with Crippen molar-refractivity contribution >= 4 is 11.9 Å². The minimum absolute atomic E-state index is 0.01000. The lowest BCUT2D eigenvalue weighted by Crippen LogP contribution is -2.45. The second kappa shape index (κ2) is 77.3. The standard InChI is InChI=1S/C82H155NO5/c1-3-5-7-9-11-13-15-17-19-21-23-35-39-42-46-50-54-58-62-66-70-74-80(85)79(78-84)83-81(86)75-71-67-63-59-55-51-47-43-40-36-33-31-29-27-25-24-26-28-30-32-34-37-41-45-49-53-57-61-65-69-73-77-88-82(87)76-72-68-64-60-56-52-48-44-38-22-20-18-16-14-12-10-8-6-4-2/h12,14,18,20,26,28,32,34,79-80,84-85H,3-11,13,15-17,19,21-25,27,29-31,33,35-78H2,1-2H3,(H,83,86)/b14-12-,20-18-,28-26-,34-32-. The lowest BCUT2D eigenvalue weighted by atomic mass is 10.0. The Bertz CT molecular complexity index is 1470. The molecule has 0 heterocycles. The van der Waals surface area contributed by atoms with Crippen LogP contribution < -0.4 is 5.32 Å². The molecule has 0 fully saturated rings. The molecule has 0 aliphatic rings. The minimum Gasteiger partial charge on any atom is -0.466 e. The van der Waals surface area contributed by atoms with E-state index in [0.717, 1.165) is 57.8 Å². The fourth-order valence-electron chi connectivity index (χ4n) is 12.5. The number of nitrogens with one attached hydrogen (secondary N) is 1. The second-order valence-corrected chi connectivity index (χ2v) is 27.4. The molecule has 0 aliphatic carbocycles. The summed E-state index contributed by atoms with van der Waals surface area (Å²) >= 11 is 0. The third kappa shape index (κ3) is 72.9. The number of hydrogen-bond donors (Lipinski definition) is 3. The highest BCUT2D eigenvalue weighted by Gasteiger charge is 2.20. The topological polar surface area (TPSA) is 95.9 Å². The number of carbonyl (C=O) groups excluding carboxylic acids is 2. The second-order valence-electron chi connectivity index (χ2n) is 27.4. The molecule has 0 saturated carbocycles. The van der Waals surface area contributed by atoms with Gasteiger partial charge in [-0.15, -0.1) is 0 Å². The lowest BCUT2D eigenvalue weighted by Gasteiger charge is -2.22. The van der Waals surface area contributed by atoms with Crippen LogP contribution in [0.1, 0.15) is 438 Å². The van der Waals surface area contributed by atoms with Gasteiger partial charge < -0.3 is 20.3 Å². The predicted octanol–water partition coefficient (Wildman–Crippen LogP) is 26.4. The van der Waals surface area contributed by atoms with Gasteiger partial charge in [0.25, 0.3) is 0 Å². The van der Waals surface area contributed by atoms with E-state index in [1.807, 2.05) is 0 Å². The SMILES string of the molecule is CCCCC/C=C\C/C=C\CCCCCCCCCCCC(=O)OCCCCCCCCCCC/C=C\C/C=C\CCCCCCCCCCCCCCCCCC(=O)NC(CO)C(O)CCCCCCCCCCCCCCCCCCCCCCC. The molecule has 1 amide bonds. The Morgan fingerprint density at radius 2 is 0.568 bits per heavy atom. The summed E-state index contributed by atoms with van der Waals surface area (Å²) in [5.41, 5.74) is 0. The van der Waals surface area contributed by atoms with Gasteiger partial charge in [0.1, 0.15) is 0 Å². The van der Waals surface area contributed by atoms with Gasteiger partial charge in [-0.2, -0.15) is 0 Å². The monoisotopic (exact) mass is 1230 g/mol. The van der Waals surface area contributed by atoms with Crippen LogP contribution in [0.4, 0.5) is 0 Å². The van der Waals surface area contributed by atoms with Crippen molar-refractivity contribution in [2.75, 3.05) is 13.2 Å². The molecule has 0 aliphatic heterocycles. The smallest absolute Gasteiger partial charge is 0.305 e. The first-order valence-electron chi connectivity index (χ1n) is 39.9. The van der Waals surface area contributed by atoms with Crippen molar-refractivity contribution in [2.45, 2.75) is 450 Å². The van der Waals surface area contributed by atoms with Crippen LogP contribution in [0.5, 0.6) is 0 Å². The molecule has 518 valence electrons. The molecule has 88 heavy (non-hydrogen) atoms. The maximum absolute atomic E-state index is 12.6. The Balaban J connectivity index is 3.39. The molecule has 0 saturated heterocycles. The van der Waals surface area contributed by atoms with E-state index in [1.54, 1.807) is 0 Å². The molecule has 6 nitrogen and oxygen atoms in total. The van der Waals surface area contributed by atoms with Crippen LogP contribution in [-0.2, 0) is 14.3 Å². The first-order chi connectivity index (χ1) is 43.5. The van der Waals surface area contributed by atoms with E-state index in [4.69, 9.17) is 4.74 Å². The van der Waals surface area contributed by atoms with Gasteiger partial charge in [-0.05, 0) is 89.9 Å². The molecule has 0 radical (unpaired) electrons. The number of ether oxygens (including phenoxy) is 1. The molecule has 0 rings (SSSR count). The van der Waals surface area contributed by atoms with E-state index in [0.29, 0.717) is 25.9 Å². The van der Waals surface area contributed by atoms with Gasteiger partial charge in [0.2, 0.25) is 5.91 Å². The van der Waals surface area contributed by atoms with Crippen molar-refractivity contribution in [3.63, 3.8) is 0 Å². The van der Waals surface area contributed by atoms with Gasteiger partial charge in [0.15, 0.2) is 0 Å². The zero-order valence-electron chi connectivity index (χ0n) is 59.5. The highest BCUT2D eigenvalue weighted by atomic mass is 16.5. The summed E-state index contributed by atoms with van der Waals surface area (Å²) in [5.74, 6) is -0.0199. The maximum atomic E-state index is 12.6. The Kier molecular flexibility index (Phi) is 75.4. The van der Waals surface area contributed by atoms with Crippen LogP contribution in [0.25, 0.3) is 0 Å². The molecule has 0 aromatic carbocycles. The first kappa shape index (κ1) is 85.8. The summed E-state index contributed by atoms with van der Waals surface area (Å²) in [6.45, 7) is 4.97. The van der Waals surface area contributed by atoms with Crippen molar-refractivity contribution in [3.05, 3.63) is 48.6 Å². The first-order valence-corrected chi connectivity index (χ1v) is 39.9. The van der Waals surface area contributed by atoms with Crippen LogP contribution in [0.3, 0.4) is 0 Å². The summed E-state index contributed by atoms with van der Waals surface area (Å²) in [4.78, 5) is 24.7. The molecule has 0 aromatic rings. The van der Waals surface area contributed by atoms with Crippen molar-refractivity contribution in [1.82, 2.24) is 5.32 Å². The number of unbranched alkanes of at least 4 members (excludes halogenated alkanes) is 56. The van der Waals surface area contributed by atoms with Crippen LogP contribution in [0.15, 0.2) is 48.6 Å². The van der Waals surface area contributed by atoms with E-state index in [2.05, 4.69) is 67.8 Å². The quantitative estimate of drug-likeness (QED) is 0.0320.